The van der Waals surface area contributed by atoms with Crippen LogP contribution in [0.25, 0.3) is 0 Å². The van der Waals surface area contributed by atoms with Crippen LogP contribution in [0, 0.1) is 5.92 Å². The maximum absolute atomic E-state index is 3.74. The lowest BCUT2D eigenvalue weighted by molar-refractivity contribution is 0.518. The fourth-order valence-corrected chi connectivity index (χ4v) is 5.36. The van der Waals surface area contributed by atoms with E-state index >= 15 is 0 Å². The molecule has 1 N–H and O–H groups in total. The molecule has 26 heavy (non-hydrogen) atoms. The molecule has 0 saturated carbocycles. The van der Waals surface area contributed by atoms with Crippen molar-refractivity contribution in [3.63, 3.8) is 0 Å². The maximum Gasteiger partial charge on any atom is 0.0474 e. The second-order valence-corrected chi connectivity index (χ2v) is 8.25. The zero-order chi connectivity index (χ0) is 17.7. The van der Waals surface area contributed by atoms with Crippen LogP contribution in [-0.4, -0.2) is 12.6 Å². The summed E-state index contributed by atoms with van der Waals surface area (Å²) in [6.45, 7) is 5.68. The zero-order valence-corrected chi connectivity index (χ0v) is 15.7. The third-order valence-electron chi connectivity index (χ3n) is 6.68. The Morgan fingerprint density at radius 1 is 0.962 bits per heavy atom. The van der Waals surface area contributed by atoms with Gasteiger partial charge in [-0.15, -0.1) is 0 Å². The quantitative estimate of drug-likeness (QED) is 0.659. The van der Waals surface area contributed by atoms with Crippen molar-refractivity contribution in [1.82, 2.24) is 5.32 Å². The van der Waals surface area contributed by atoms with Gasteiger partial charge in [0.15, 0.2) is 0 Å². The normalized spacial score (nSPS) is 32.4. The lowest BCUT2D eigenvalue weighted by Gasteiger charge is -2.43. The summed E-state index contributed by atoms with van der Waals surface area (Å²) >= 11 is 0. The van der Waals surface area contributed by atoms with Crippen LogP contribution in [0.4, 0.5) is 0 Å². The first-order chi connectivity index (χ1) is 12.7. The van der Waals surface area contributed by atoms with E-state index in [0.29, 0.717) is 23.8 Å². The first-order valence-corrected chi connectivity index (χ1v) is 9.98. The van der Waals surface area contributed by atoms with Gasteiger partial charge in [0.05, 0.1) is 0 Å². The highest BCUT2D eigenvalue weighted by Gasteiger charge is 2.39. The van der Waals surface area contributed by atoms with Gasteiger partial charge >= 0.3 is 0 Å². The van der Waals surface area contributed by atoms with Crippen molar-refractivity contribution < 1.29 is 0 Å². The molecule has 0 radical (unpaired) electrons. The topological polar surface area (TPSA) is 12.0 Å². The molecule has 4 unspecified atom stereocenters. The lowest BCUT2D eigenvalue weighted by atomic mass is 9.62. The predicted octanol–water partition coefficient (Wildman–Crippen LogP) is 5.56. The van der Waals surface area contributed by atoms with Gasteiger partial charge in [0.25, 0.3) is 0 Å². The fourth-order valence-electron chi connectivity index (χ4n) is 5.36. The Bertz CT molecular complexity index is 892. The summed E-state index contributed by atoms with van der Waals surface area (Å²) in [7, 11) is 0. The molecule has 0 fully saturated rings. The van der Waals surface area contributed by atoms with Crippen LogP contribution in [0.2, 0.25) is 0 Å². The summed E-state index contributed by atoms with van der Waals surface area (Å²) in [5.74, 6) is 1.55. The van der Waals surface area contributed by atoms with E-state index < -0.39 is 0 Å². The standard InChI is InChI=1S/C25H27N/c1-16-11-12-26-25(13-16)22-15-24-21-10-6-4-8-19(21)18-7-3-5-9-20(18)23(24)14-17(22)2/h3-10,13-14,18,20,24-26H,11-12,15H2,1-2H3. The fraction of sp³-hybridized carbons (Fsp3) is 0.360. The molecule has 4 atom stereocenters. The van der Waals surface area contributed by atoms with Crippen molar-refractivity contribution in [2.24, 2.45) is 5.92 Å². The van der Waals surface area contributed by atoms with E-state index in [1.54, 1.807) is 16.7 Å². The Hall–Kier alpha value is -2.12. The maximum atomic E-state index is 3.74. The van der Waals surface area contributed by atoms with Gasteiger partial charge in [0.2, 0.25) is 0 Å². The van der Waals surface area contributed by atoms with Crippen molar-refractivity contribution in [1.29, 1.82) is 0 Å². The molecule has 0 aromatic heterocycles. The number of hydrogen-bond acceptors (Lipinski definition) is 1. The molecule has 1 nitrogen and oxygen atoms in total. The van der Waals surface area contributed by atoms with Crippen LogP contribution >= 0.6 is 0 Å². The van der Waals surface area contributed by atoms with E-state index in [1.165, 1.54) is 23.1 Å². The molecule has 1 aliphatic heterocycles. The van der Waals surface area contributed by atoms with Crippen molar-refractivity contribution in [2.45, 2.75) is 44.6 Å². The van der Waals surface area contributed by atoms with Gasteiger partial charge in [-0.05, 0) is 49.9 Å². The molecule has 1 heterocycles. The second kappa shape index (κ2) is 6.25. The number of benzene rings is 1. The largest absolute Gasteiger partial charge is 0.307 e. The average Bonchev–Trinajstić information content (AvgIpc) is 2.68. The van der Waals surface area contributed by atoms with Crippen LogP contribution in [0.1, 0.15) is 49.7 Å². The summed E-state index contributed by atoms with van der Waals surface area (Å²) in [6, 6.07) is 9.54. The van der Waals surface area contributed by atoms with Crippen molar-refractivity contribution in [3.8, 4) is 0 Å². The van der Waals surface area contributed by atoms with E-state index in [2.05, 4.69) is 79.9 Å². The first kappa shape index (κ1) is 16.1. The van der Waals surface area contributed by atoms with E-state index in [4.69, 9.17) is 0 Å². The lowest BCUT2D eigenvalue weighted by Crippen LogP contribution is -2.36. The van der Waals surface area contributed by atoms with E-state index in [-0.39, 0.29) is 0 Å². The molecule has 0 amide bonds. The summed E-state index contributed by atoms with van der Waals surface area (Å²) in [4.78, 5) is 0. The number of fused-ring (bicyclic) bond motifs is 6. The number of nitrogens with one attached hydrogen (secondary N) is 1. The minimum Gasteiger partial charge on any atom is -0.307 e. The highest BCUT2D eigenvalue weighted by molar-refractivity contribution is 5.55. The van der Waals surface area contributed by atoms with Gasteiger partial charge in [-0.2, -0.15) is 0 Å². The molecule has 0 spiro atoms. The SMILES string of the molecule is CC1=CC(C2=C(C)C=C3C(C2)c2ccccc2C2C=CC=CC32)NCC1. The van der Waals surface area contributed by atoms with Crippen LogP contribution in [-0.2, 0) is 0 Å². The Morgan fingerprint density at radius 2 is 1.73 bits per heavy atom. The summed E-state index contributed by atoms with van der Waals surface area (Å²) < 4.78 is 0. The molecule has 0 saturated heterocycles. The highest BCUT2D eigenvalue weighted by atomic mass is 14.9. The molecule has 1 aromatic carbocycles. The zero-order valence-electron chi connectivity index (χ0n) is 15.7. The van der Waals surface area contributed by atoms with Gasteiger partial charge in [-0.25, -0.2) is 0 Å². The van der Waals surface area contributed by atoms with E-state index in [1.807, 2.05) is 0 Å². The third kappa shape index (κ3) is 2.49. The predicted molar refractivity (Wildman–Crippen MR) is 109 cm³/mol. The van der Waals surface area contributed by atoms with Crippen LogP contribution in [0.15, 0.2) is 83.0 Å². The molecule has 4 aliphatic rings. The Balaban J connectivity index is 1.62. The van der Waals surface area contributed by atoms with Gasteiger partial charge in [0, 0.05) is 23.8 Å². The van der Waals surface area contributed by atoms with Gasteiger partial charge in [0.1, 0.15) is 0 Å². The van der Waals surface area contributed by atoms with Crippen molar-refractivity contribution >= 4 is 0 Å². The van der Waals surface area contributed by atoms with Crippen LogP contribution < -0.4 is 5.32 Å². The monoisotopic (exact) mass is 341 g/mol. The van der Waals surface area contributed by atoms with Crippen LogP contribution in [0.5, 0.6) is 0 Å². The summed E-state index contributed by atoms with van der Waals surface area (Å²) in [6.07, 6.45) is 16.5. The minimum atomic E-state index is 0.410. The molecule has 0 bridgehead atoms. The first-order valence-electron chi connectivity index (χ1n) is 9.98. The van der Waals surface area contributed by atoms with Crippen molar-refractivity contribution in [3.05, 3.63) is 94.1 Å². The van der Waals surface area contributed by atoms with E-state index in [0.717, 1.165) is 13.0 Å². The smallest absolute Gasteiger partial charge is 0.0474 e. The minimum absolute atomic E-state index is 0.410. The number of allylic oxidation sites excluding steroid dienone is 7. The molecule has 5 rings (SSSR count). The van der Waals surface area contributed by atoms with Crippen LogP contribution in [0.3, 0.4) is 0 Å². The second-order valence-electron chi connectivity index (χ2n) is 8.25. The molecule has 132 valence electrons. The van der Waals surface area contributed by atoms with Crippen molar-refractivity contribution in [2.75, 3.05) is 6.54 Å². The molecule has 3 aliphatic carbocycles. The Kier molecular flexibility index (Phi) is 3.86. The third-order valence-corrected chi connectivity index (χ3v) is 6.68. The molecular formula is C25H27N. The van der Waals surface area contributed by atoms with Gasteiger partial charge in [-0.3, -0.25) is 0 Å². The average molecular weight is 341 g/mol. The van der Waals surface area contributed by atoms with Gasteiger partial charge in [-0.1, -0.05) is 77.4 Å². The molecule has 1 aromatic rings. The van der Waals surface area contributed by atoms with Gasteiger partial charge < -0.3 is 5.32 Å². The Labute approximate surface area is 156 Å². The molecule has 1 heteroatoms. The Morgan fingerprint density at radius 3 is 2.54 bits per heavy atom. The summed E-state index contributed by atoms with van der Waals surface area (Å²) in [5, 5.41) is 3.74. The molecular weight excluding hydrogens is 314 g/mol. The number of rotatable bonds is 1. The highest BCUT2D eigenvalue weighted by Crippen LogP contribution is 2.53. The van der Waals surface area contributed by atoms with E-state index in [9.17, 15) is 0 Å². The number of hydrogen-bond donors (Lipinski definition) is 1. The summed E-state index contributed by atoms with van der Waals surface area (Å²) in [5.41, 5.74) is 9.27.